The van der Waals surface area contributed by atoms with Crippen molar-refractivity contribution in [2.45, 2.75) is 57.0 Å². The zero-order valence-electron chi connectivity index (χ0n) is 14.0. The molecular weight excluding hydrogens is 308 g/mol. The van der Waals surface area contributed by atoms with Crippen LogP contribution in [0.5, 0.6) is 0 Å². The lowest BCUT2D eigenvalue weighted by molar-refractivity contribution is -0.129. The molecule has 1 aliphatic carbocycles. The van der Waals surface area contributed by atoms with Crippen molar-refractivity contribution in [1.82, 2.24) is 20.0 Å². The van der Waals surface area contributed by atoms with Gasteiger partial charge in [0.15, 0.2) is 0 Å². The van der Waals surface area contributed by atoms with E-state index in [9.17, 15) is 14.4 Å². The summed E-state index contributed by atoms with van der Waals surface area (Å²) in [6.07, 6.45) is 7.31. The molecule has 0 spiro atoms. The van der Waals surface area contributed by atoms with Gasteiger partial charge >= 0.3 is 0 Å². The van der Waals surface area contributed by atoms with E-state index in [1.807, 2.05) is 4.90 Å². The van der Waals surface area contributed by atoms with Crippen molar-refractivity contribution in [2.75, 3.05) is 6.54 Å². The molecule has 3 rings (SSSR count). The van der Waals surface area contributed by atoms with E-state index >= 15 is 0 Å². The van der Waals surface area contributed by atoms with Crippen LogP contribution >= 0.6 is 0 Å². The Kier molecular flexibility index (Phi) is 4.97. The molecule has 1 aromatic rings. The number of aryl methyl sites for hydroxylation is 1. The van der Waals surface area contributed by atoms with Crippen LogP contribution in [0.2, 0.25) is 0 Å². The highest BCUT2D eigenvalue weighted by Crippen LogP contribution is 2.25. The number of amides is 2. The molecule has 7 heteroatoms. The Labute approximate surface area is 141 Å². The van der Waals surface area contributed by atoms with Gasteiger partial charge in [0.1, 0.15) is 5.69 Å². The Bertz CT molecular complexity index is 677. The van der Waals surface area contributed by atoms with E-state index in [-0.39, 0.29) is 29.1 Å². The number of likely N-dealkylation sites (tertiary alicyclic amines) is 1. The first-order valence-electron chi connectivity index (χ1n) is 8.69. The fraction of sp³-hybridized carbons (Fsp3) is 0.647. The molecule has 0 bridgehead atoms. The van der Waals surface area contributed by atoms with Crippen molar-refractivity contribution in [2.24, 2.45) is 7.05 Å². The quantitative estimate of drug-likeness (QED) is 0.831. The minimum atomic E-state index is -0.342. The normalized spacial score (nSPS) is 22.5. The summed E-state index contributed by atoms with van der Waals surface area (Å²) in [4.78, 5) is 37.9. The van der Waals surface area contributed by atoms with Gasteiger partial charge in [0, 0.05) is 32.1 Å². The molecule has 1 saturated heterocycles. The molecule has 1 N–H and O–H groups in total. The summed E-state index contributed by atoms with van der Waals surface area (Å²) >= 11 is 0. The third kappa shape index (κ3) is 3.66. The number of carbonyl (C=O) groups is 2. The second-order valence-corrected chi connectivity index (χ2v) is 6.75. The summed E-state index contributed by atoms with van der Waals surface area (Å²) in [5.74, 6) is -0.216. The zero-order valence-corrected chi connectivity index (χ0v) is 14.0. The van der Waals surface area contributed by atoms with Crippen LogP contribution in [0.4, 0.5) is 0 Å². The number of carbonyl (C=O) groups excluding carboxylic acids is 2. The van der Waals surface area contributed by atoms with Gasteiger partial charge in [-0.3, -0.25) is 14.4 Å². The lowest BCUT2D eigenvalue weighted by atomic mass is 10.1. The molecule has 0 aromatic carbocycles. The smallest absolute Gasteiger partial charge is 0.272 e. The molecule has 2 amide bonds. The molecule has 0 radical (unpaired) electrons. The molecule has 2 aliphatic rings. The van der Waals surface area contributed by atoms with Crippen molar-refractivity contribution in [3.63, 3.8) is 0 Å². The van der Waals surface area contributed by atoms with Crippen molar-refractivity contribution < 1.29 is 9.59 Å². The second-order valence-electron chi connectivity index (χ2n) is 6.75. The minimum absolute atomic E-state index is 0.126. The Balaban J connectivity index is 1.62. The Morgan fingerprint density at radius 1 is 1.17 bits per heavy atom. The van der Waals surface area contributed by atoms with E-state index in [1.165, 1.54) is 44.9 Å². The van der Waals surface area contributed by atoms with Gasteiger partial charge in [0.05, 0.1) is 6.04 Å². The SMILES string of the molecule is Cn1nc(C(=O)N[C@H]2CC(=O)N(C3CCCCCC3)C2)ccc1=O. The number of rotatable bonds is 3. The van der Waals surface area contributed by atoms with Crippen molar-refractivity contribution in [3.05, 3.63) is 28.2 Å². The Morgan fingerprint density at radius 3 is 2.54 bits per heavy atom. The summed E-state index contributed by atoms with van der Waals surface area (Å²) in [6, 6.07) is 2.86. The molecule has 2 heterocycles. The molecule has 0 unspecified atom stereocenters. The van der Waals surface area contributed by atoms with Crippen molar-refractivity contribution in [3.8, 4) is 0 Å². The van der Waals surface area contributed by atoms with Gasteiger partial charge in [0.2, 0.25) is 5.91 Å². The highest BCUT2D eigenvalue weighted by Gasteiger charge is 2.35. The molecule has 24 heavy (non-hydrogen) atoms. The van der Waals surface area contributed by atoms with Crippen LogP contribution in [0.1, 0.15) is 55.4 Å². The fourth-order valence-corrected chi connectivity index (χ4v) is 3.63. The average molecular weight is 332 g/mol. The third-order valence-corrected chi connectivity index (χ3v) is 4.95. The van der Waals surface area contributed by atoms with E-state index in [2.05, 4.69) is 10.4 Å². The third-order valence-electron chi connectivity index (χ3n) is 4.95. The summed E-state index contributed by atoms with van der Waals surface area (Å²) < 4.78 is 1.13. The highest BCUT2D eigenvalue weighted by atomic mass is 16.2. The monoisotopic (exact) mass is 332 g/mol. The van der Waals surface area contributed by atoms with Gasteiger partial charge in [-0.15, -0.1) is 0 Å². The zero-order chi connectivity index (χ0) is 17.1. The number of hydrogen-bond acceptors (Lipinski definition) is 4. The minimum Gasteiger partial charge on any atom is -0.346 e. The summed E-state index contributed by atoms with van der Waals surface area (Å²) in [7, 11) is 1.51. The first-order valence-corrected chi connectivity index (χ1v) is 8.69. The van der Waals surface area contributed by atoms with E-state index in [0.29, 0.717) is 19.0 Å². The lowest BCUT2D eigenvalue weighted by Crippen LogP contribution is -2.41. The average Bonchev–Trinajstić information content (AvgIpc) is 2.76. The van der Waals surface area contributed by atoms with E-state index in [4.69, 9.17) is 0 Å². The maximum absolute atomic E-state index is 12.3. The van der Waals surface area contributed by atoms with E-state index in [1.54, 1.807) is 0 Å². The summed E-state index contributed by atoms with van der Waals surface area (Å²) in [5.41, 5.74) is -0.0698. The molecule has 1 aromatic heterocycles. The van der Waals surface area contributed by atoms with E-state index in [0.717, 1.165) is 17.5 Å². The van der Waals surface area contributed by atoms with E-state index < -0.39 is 0 Å². The predicted octanol–water partition coefficient (Wildman–Crippen LogP) is 0.834. The maximum atomic E-state index is 12.3. The number of nitrogens with one attached hydrogen (secondary N) is 1. The molecule has 1 atom stereocenters. The summed E-state index contributed by atoms with van der Waals surface area (Å²) in [5, 5.41) is 6.83. The Hall–Kier alpha value is -2.18. The van der Waals surface area contributed by atoms with Crippen LogP contribution in [0.3, 0.4) is 0 Å². The van der Waals surface area contributed by atoms with Crippen LogP contribution in [0, 0.1) is 0 Å². The summed E-state index contributed by atoms with van der Waals surface area (Å²) in [6.45, 7) is 0.570. The molecular formula is C17H24N4O3. The lowest BCUT2D eigenvalue weighted by Gasteiger charge is -2.27. The fourth-order valence-electron chi connectivity index (χ4n) is 3.63. The number of nitrogens with zero attached hydrogens (tertiary/aromatic N) is 3. The molecule has 7 nitrogen and oxygen atoms in total. The van der Waals surface area contributed by atoms with Crippen LogP contribution in [-0.4, -0.2) is 45.1 Å². The van der Waals surface area contributed by atoms with Crippen LogP contribution in [0.15, 0.2) is 16.9 Å². The van der Waals surface area contributed by atoms with Gasteiger partial charge < -0.3 is 10.2 Å². The van der Waals surface area contributed by atoms with Gasteiger partial charge in [0.25, 0.3) is 11.5 Å². The first-order chi connectivity index (χ1) is 11.5. The standard InChI is InChI=1S/C17H24N4O3/c1-20-15(22)9-8-14(19-20)17(24)18-12-10-16(23)21(11-12)13-6-4-2-3-5-7-13/h8-9,12-13H,2-7,10-11H2,1H3,(H,18,24)/t12-/m0/s1. The molecule has 2 fully saturated rings. The Morgan fingerprint density at radius 2 is 1.88 bits per heavy atom. The molecule has 130 valence electrons. The first kappa shape index (κ1) is 16.7. The van der Waals surface area contributed by atoms with Crippen LogP contribution in [0.25, 0.3) is 0 Å². The largest absolute Gasteiger partial charge is 0.346 e. The van der Waals surface area contributed by atoms with Gasteiger partial charge in [-0.2, -0.15) is 5.10 Å². The van der Waals surface area contributed by atoms with Crippen molar-refractivity contribution >= 4 is 11.8 Å². The second kappa shape index (κ2) is 7.15. The topological polar surface area (TPSA) is 84.3 Å². The van der Waals surface area contributed by atoms with Gasteiger partial charge in [-0.05, 0) is 18.9 Å². The molecule has 1 saturated carbocycles. The maximum Gasteiger partial charge on any atom is 0.272 e. The predicted molar refractivity (Wildman–Crippen MR) is 88.6 cm³/mol. The number of hydrogen-bond donors (Lipinski definition) is 1. The highest BCUT2D eigenvalue weighted by molar-refractivity contribution is 5.93. The van der Waals surface area contributed by atoms with Gasteiger partial charge in [-0.25, -0.2) is 4.68 Å². The van der Waals surface area contributed by atoms with Crippen LogP contribution < -0.4 is 10.9 Å². The van der Waals surface area contributed by atoms with Crippen LogP contribution in [-0.2, 0) is 11.8 Å². The van der Waals surface area contributed by atoms with Crippen molar-refractivity contribution in [1.29, 1.82) is 0 Å². The molecule has 1 aliphatic heterocycles. The van der Waals surface area contributed by atoms with Gasteiger partial charge in [-0.1, -0.05) is 25.7 Å². The number of aromatic nitrogens is 2.